The maximum absolute atomic E-state index is 10.9. The molecule has 0 aliphatic rings. The van der Waals surface area contributed by atoms with Crippen molar-refractivity contribution in [3.8, 4) is 0 Å². The van der Waals surface area contributed by atoms with Crippen LogP contribution in [0.3, 0.4) is 0 Å². The largest absolute Gasteiger partial charge is 0.369 e. The Morgan fingerprint density at radius 3 is 2.75 bits per heavy atom. The van der Waals surface area contributed by atoms with E-state index in [0.717, 1.165) is 11.1 Å². The Morgan fingerprint density at radius 1 is 1.38 bits per heavy atom. The summed E-state index contributed by atoms with van der Waals surface area (Å²) in [4.78, 5) is 10.9. The molecule has 0 unspecified atom stereocenters. The van der Waals surface area contributed by atoms with Gasteiger partial charge in [-0.2, -0.15) is 0 Å². The first-order chi connectivity index (χ1) is 7.58. The molecule has 3 heteroatoms. The van der Waals surface area contributed by atoms with Crippen LogP contribution in [0.4, 0.5) is 0 Å². The van der Waals surface area contributed by atoms with Gasteiger partial charge in [0.05, 0.1) is 6.42 Å². The van der Waals surface area contributed by atoms with Crippen LogP contribution >= 0.6 is 0 Å². The average Bonchev–Trinajstić information content (AvgIpc) is 2.59. The number of hydrogen-bond donors (Lipinski definition) is 1. The molecule has 2 aromatic rings. The smallest absolute Gasteiger partial charge is 0.221 e. The monoisotopic (exact) mass is 216 g/mol. The Morgan fingerprint density at radius 2 is 2.12 bits per heavy atom. The maximum Gasteiger partial charge on any atom is 0.221 e. The van der Waals surface area contributed by atoms with Crippen LogP contribution in [0.5, 0.6) is 0 Å². The van der Waals surface area contributed by atoms with Crippen molar-refractivity contribution in [2.75, 3.05) is 0 Å². The Hall–Kier alpha value is -1.77. The van der Waals surface area contributed by atoms with Crippen LogP contribution in [0.2, 0.25) is 0 Å². The second-order valence-electron chi connectivity index (χ2n) is 4.35. The zero-order valence-corrected chi connectivity index (χ0v) is 9.60. The van der Waals surface area contributed by atoms with Crippen molar-refractivity contribution in [3.63, 3.8) is 0 Å². The normalized spacial score (nSPS) is 11.2. The summed E-state index contributed by atoms with van der Waals surface area (Å²) >= 11 is 0. The number of rotatable bonds is 3. The summed E-state index contributed by atoms with van der Waals surface area (Å²) in [6.45, 7) is 4.28. The summed E-state index contributed by atoms with van der Waals surface area (Å²) in [5, 5.41) is 1.20. The molecule has 0 saturated carbocycles. The van der Waals surface area contributed by atoms with Gasteiger partial charge in [0.15, 0.2) is 0 Å². The third kappa shape index (κ3) is 1.94. The highest BCUT2D eigenvalue weighted by molar-refractivity contribution is 5.83. The molecule has 84 valence electrons. The molecule has 0 aliphatic heterocycles. The molecule has 3 nitrogen and oxygen atoms in total. The number of nitrogens with two attached hydrogens (primary N) is 1. The molecule has 0 fully saturated rings. The lowest BCUT2D eigenvalue weighted by atomic mass is 10.1. The Labute approximate surface area is 94.9 Å². The van der Waals surface area contributed by atoms with Gasteiger partial charge < -0.3 is 10.3 Å². The number of benzene rings is 1. The lowest BCUT2D eigenvalue weighted by Crippen LogP contribution is -2.13. The highest BCUT2D eigenvalue weighted by atomic mass is 16.1. The lowest BCUT2D eigenvalue weighted by molar-refractivity contribution is -0.117. The molecule has 0 spiro atoms. The summed E-state index contributed by atoms with van der Waals surface area (Å²) in [5.74, 6) is -0.290. The van der Waals surface area contributed by atoms with Crippen molar-refractivity contribution in [3.05, 3.63) is 36.0 Å². The molecular weight excluding hydrogens is 200 g/mol. The first-order valence-electron chi connectivity index (χ1n) is 5.45. The van der Waals surface area contributed by atoms with E-state index in [0.29, 0.717) is 12.5 Å². The first kappa shape index (κ1) is 10.7. The predicted molar refractivity (Wildman–Crippen MR) is 65.2 cm³/mol. The van der Waals surface area contributed by atoms with Crippen molar-refractivity contribution < 1.29 is 4.79 Å². The van der Waals surface area contributed by atoms with Gasteiger partial charge in [-0.05, 0) is 36.9 Å². The van der Waals surface area contributed by atoms with E-state index in [1.165, 1.54) is 5.39 Å². The molecule has 1 aromatic heterocycles. The standard InChI is InChI=1S/C13H16N2O/c1-9(2)15-6-5-11-4-3-10(7-12(11)15)8-13(14)16/h3-7,9H,8H2,1-2H3,(H2,14,16). The Kier molecular flexibility index (Phi) is 2.69. The predicted octanol–water partition coefficient (Wildman–Crippen LogP) is 2.25. The Bertz CT molecular complexity index is 526. The van der Waals surface area contributed by atoms with E-state index in [1.54, 1.807) is 0 Å². The van der Waals surface area contributed by atoms with Crippen LogP contribution in [0.25, 0.3) is 10.9 Å². The third-order valence-electron chi connectivity index (χ3n) is 2.72. The molecule has 0 saturated heterocycles. The first-order valence-corrected chi connectivity index (χ1v) is 5.45. The molecule has 0 aliphatic carbocycles. The van der Waals surface area contributed by atoms with E-state index in [1.807, 2.05) is 18.2 Å². The number of hydrogen-bond acceptors (Lipinski definition) is 1. The number of carbonyl (C=O) groups is 1. The SMILES string of the molecule is CC(C)n1ccc2ccc(CC(N)=O)cc21. The second-order valence-corrected chi connectivity index (χ2v) is 4.35. The molecule has 1 amide bonds. The summed E-state index contributed by atoms with van der Waals surface area (Å²) in [6, 6.07) is 8.54. The van der Waals surface area contributed by atoms with Gasteiger partial charge in [-0.3, -0.25) is 4.79 Å². The third-order valence-corrected chi connectivity index (χ3v) is 2.72. The number of aromatic nitrogens is 1. The summed E-state index contributed by atoms with van der Waals surface area (Å²) in [6.07, 6.45) is 2.38. The molecule has 1 aromatic carbocycles. The van der Waals surface area contributed by atoms with Crippen LogP contribution in [0.15, 0.2) is 30.5 Å². The van der Waals surface area contributed by atoms with Crippen molar-refractivity contribution in [1.29, 1.82) is 0 Å². The van der Waals surface area contributed by atoms with Gasteiger partial charge in [-0.15, -0.1) is 0 Å². The van der Waals surface area contributed by atoms with Crippen LogP contribution in [-0.4, -0.2) is 10.5 Å². The second kappa shape index (κ2) is 4.00. The highest BCUT2D eigenvalue weighted by Gasteiger charge is 2.06. The molecule has 0 radical (unpaired) electrons. The number of amides is 1. The van der Waals surface area contributed by atoms with Gasteiger partial charge in [-0.1, -0.05) is 12.1 Å². The highest BCUT2D eigenvalue weighted by Crippen LogP contribution is 2.21. The van der Waals surface area contributed by atoms with Crippen LogP contribution in [0.1, 0.15) is 25.5 Å². The fourth-order valence-corrected chi connectivity index (χ4v) is 1.96. The van der Waals surface area contributed by atoms with E-state index in [9.17, 15) is 4.79 Å². The average molecular weight is 216 g/mol. The van der Waals surface area contributed by atoms with E-state index in [4.69, 9.17) is 5.73 Å². The maximum atomic E-state index is 10.9. The van der Waals surface area contributed by atoms with Gasteiger partial charge in [-0.25, -0.2) is 0 Å². The molecule has 0 bridgehead atoms. The Balaban J connectivity index is 2.50. The molecule has 2 rings (SSSR count). The van der Waals surface area contributed by atoms with E-state index in [2.05, 4.69) is 30.7 Å². The summed E-state index contributed by atoms with van der Waals surface area (Å²) in [5.41, 5.74) is 7.33. The molecule has 0 atom stereocenters. The fraction of sp³-hybridized carbons (Fsp3) is 0.308. The minimum atomic E-state index is -0.290. The topological polar surface area (TPSA) is 48.0 Å². The quantitative estimate of drug-likeness (QED) is 0.840. The van der Waals surface area contributed by atoms with Gasteiger partial charge >= 0.3 is 0 Å². The summed E-state index contributed by atoms with van der Waals surface area (Å²) < 4.78 is 2.19. The van der Waals surface area contributed by atoms with Gasteiger partial charge in [0, 0.05) is 17.8 Å². The van der Waals surface area contributed by atoms with Crippen molar-refractivity contribution in [1.82, 2.24) is 4.57 Å². The van der Waals surface area contributed by atoms with Crippen LogP contribution < -0.4 is 5.73 Å². The van der Waals surface area contributed by atoms with Crippen molar-refractivity contribution in [2.24, 2.45) is 5.73 Å². The molecule has 1 heterocycles. The minimum absolute atomic E-state index is 0.290. The van der Waals surface area contributed by atoms with Crippen molar-refractivity contribution in [2.45, 2.75) is 26.3 Å². The zero-order chi connectivity index (χ0) is 11.7. The minimum Gasteiger partial charge on any atom is -0.369 e. The van der Waals surface area contributed by atoms with Crippen molar-refractivity contribution >= 4 is 16.8 Å². The van der Waals surface area contributed by atoms with Gasteiger partial charge in [0.25, 0.3) is 0 Å². The zero-order valence-electron chi connectivity index (χ0n) is 9.60. The van der Waals surface area contributed by atoms with E-state index >= 15 is 0 Å². The lowest BCUT2D eigenvalue weighted by Gasteiger charge is -2.09. The number of carbonyl (C=O) groups excluding carboxylic acids is 1. The molecule has 2 N–H and O–H groups in total. The van der Waals surface area contributed by atoms with Gasteiger partial charge in [0.2, 0.25) is 5.91 Å². The van der Waals surface area contributed by atoms with Gasteiger partial charge in [0.1, 0.15) is 0 Å². The van der Waals surface area contributed by atoms with Crippen LogP contribution in [-0.2, 0) is 11.2 Å². The van der Waals surface area contributed by atoms with Crippen LogP contribution in [0, 0.1) is 0 Å². The molecular formula is C13H16N2O. The molecule has 16 heavy (non-hydrogen) atoms. The van der Waals surface area contributed by atoms with E-state index < -0.39 is 0 Å². The summed E-state index contributed by atoms with van der Waals surface area (Å²) in [7, 11) is 0. The van der Waals surface area contributed by atoms with E-state index in [-0.39, 0.29) is 5.91 Å². The fourth-order valence-electron chi connectivity index (χ4n) is 1.96. The number of nitrogens with zero attached hydrogens (tertiary/aromatic N) is 1. The number of primary amides is 1. The number of fused-ring (bicyclic) bond motifs is 1.